The lowest BCUT2D eigenvalue weighted by Crippen LogP contribution is -2.36. The van der Waals surface area contributed by atoms with Gasteiger partial charge in [0, 0.05) is 33.4 Å². The van der Waals surface area contributed by atoms with Crippen LogP contribution in [0.1, 0.15) is 16.8 Å². The van der Waals surface area contributed by atoms with Gasteiger partial charge in [-0.3, -0.25) is 19.3 Å². The standard InChI is InChI=1S/C28H21F2N3O3S/c1-17-22(21-7-3-5-9-24(21)32(17)15-18-6-2-4-8-23(18)30)14-25-27(35)33(28(36)37-25)16-26(34)31-20-12-10-19(29)11-13-20/h2-14H,15-16H2,1H3,(H,31,34)/b25-14-. The molecular formula is C28H21F2N3O3S. The molecule has 1 saturated heterocycles. The van der Waals surface area contributed by atoms with Crippen molar-refractivity contribution in [2.45, 2.75) is 13.5 Å². The molecule has 1 aromatic heterocycles. The first-order valence-electron chi connectivity index (χ1n) is 11.4. The number of halogens is 2. The van der Waals surface area contributed by atoms with Gasteiger partial charge in [0.05, 0.1) is 11.4 Å². The quantitative estimate of drug-likeness (QED) is 0.321. The second kappa shape index (κ2) is 10.0. The average molecular weight is 518 g/mol. The fourth-order valence-electron chi connectivity index (χ4n) is 4.29. The van der Waals surface area contributed by atoms with E-state index in [9.17, 15) is 23.2 Å². The molecule has 1 aliphatic heterocycles. The topological polar surface area (TPSA) is 71.4 Å². The van der Waals surface area contributed by atoms with Crippen LogP contribution in [0.4, 0.5) is 19.3 Å². The Balaban J connectivity index is 1.42. The van der Waals surface area contributed by atoms with Gasteiger partial charge in [-0.05, 0) is 61.2 Å². The molecule has 37 heavy (non-hydrogen) atoms. The Morgan fingerprint density at radius 1 is 0.973 bits per heavy atom. The summed E-state index contributed by atoms with van der Waals surface area (Å²) >= 11 is 0.760. The van der Waals surface area contributed by atoms with E-state index in [1.165, 1.54) is 30.3 Å². The molecule has 0 aliphatic carbocycles. The van der Waals surface area contributed by atoms with Gasteiger partial charge in [0.2, 0.25) is 5.91 Å². The van der Waals surface area contributed by atoms with Gasteiger partial charge in [-0.15, -0.1) is 0 Å². The Hall–Kier alpha value is -4.24. The number of nitrogens with one attached hydrogen (secondary N) is 1. The summed E-state index contributed by atoms with van der Waals surface area (Å²) in [5, 5.41) is 2.85. The lowest BCUT2D eigenvalue weighted by Gasteiger charge is -2.12. The number of amides is 3. The van der Waals surface area contributed by atoms with Crippen molar-refractivity contribution in [2.24, 2.45) is 0 Å². The summed E-state index contributed by atoms with van der Waals surface area (Å²) in [6.45, 7) is 1.72. The predicted molar refractivity (Wildman–Crippen MR) is 140 cm³/mol. The van der Waals surface area contributed by atoms with Gasteiger partial charge in [0.25, 0.3) is 11.1 Å². The molecule has 186 valence electrons. The van der Waals surface area contributed by atoms with Gasteiger partial charge in [-0.1, -0.05) is 36.4 Å². The minimum Gasteiger partial charge on any atom is -0.340 e. The maximum absolute atomic E-state index is 14.4. The van der Waals surface area contributed by atoms with Crippen LogP contribution in [0, 0.1) is 18.6 Å². The summed E-state index contributed by atoms with van der Waals surface area (Å²) in [5.41, 5.74) is 3.31. The molecule has 0 saturated carbocycles. The number of carbonyl (C=O) groups excluding carboxylic acids is 3. The molecule has 6 nitrogen and oxygen atoms in total. The number of hydrogen-bond donors (Lipinski definition) is 1. The SMILES string of the molecule is Cc1c(/C=C2\SC(=O)N(CC(=O)Nc3ccc(F)cc3)C2=O)c2ccccc2n1Cc1ccccc1F. The van der Waals surface area contributed by atoms with Crippen LogP contribution in [0.15, 0.2) is 77.7 Å². The summed E-state index contributed by atoms with van der Waals surface area (Å²) < 4.78 is 29.4. The third-order valence-corrected chi connectivity index (χ3v) is 7.05. The Morgan fingerprint density at radius 2 is 1.68 bits per heavy atom. The van der Waals surface area contributed by atoms with E-state index in [4.69, 9.17) is 0 Å². The van der Waals surface area contributed by atoms with Crippen molar-refractivity contribution in [1.82, 2.24) is 9.47 Å². The molecule has 3 aromatic carbocycles. The van der Waals surface area contributed by atoms with Crippen molar-refractivity contribution in [3.8, 4) is 0 Å². The normalized spacial score (nSPS) is 14.7. The van der Waals surface area contributed by atoms with E-state index in [1.54, 1.807) is 24.3 Å². The Morgan fingerprint density at radius 3 is 2.43 bits per heavy atom. The maximum Gasteiger partial charge on any atom is 0.294 e. The summed E-state index contributed by atoms with van der Waals surface area (Å²) in [4.78, 5) is 39.2. The van der Waals surface area contributed by atoms with Crippen LogP contribution < -0.4 is 5.32 Å². The van der Waals surface area contributed by atoms with E-state index in [2.05, 4.69) is 5.32 Å². The van der Waals surface area contributed by atoms with Gasteiger partial charge in [0.1, 0.15) is 18.2 Å². The van der Waals surface area contributed by atoms with Crippen LogP contribution in [-0.2, 0) is 16.1 Å². The molecular weight excluding hydrogens is 496 g/mol. The minimum absolute atomic E-state index is 0.191. The third-order valence-electron chi connectivity index (χ3n) is 6.14. The van der Waals surface area contributed by atoms with Crippen LogP contribution >= 0.6 is 11.8 Å². The van der Waals surface area contributed by atoms with Gasteiger partial charge in [0.15, 0.2) is 0 Å². The van der Waals surface area contributed by atoms with E-state index < -0.39 is 29.4 Å². The van der Waals surface area contributed by atoms with Crippen molar-refractivity contribution in [3.63, 3.8) is 0 Å². The molecule has 1 fully saturated rings. The minimum atomic E-state index is -0.576. The molecule has 2 heterocycles. The molecule has 5 rings (SSSR count). The Bertz CT molecular complexity index is 1580. The fraction of sp³-hybridized carbons (Fsp3) is 0.107. The lowest BCUT2D eigenvalue weighted by atomic mass is 10.1. The number of aromatic nitrogens is 1. The predicted octanol–water partition coefficient (Wildman–Crippen LogP) is 5.95. The Labute approximate surface area is 215 Å². The molecule has 0 spiro atoms. The number of nitrogens with zero attached hydrogens (tertiary/aromatic N) is 2. The van der Waals surface area contributed by atoms with Gasteiger partial charge >= 0.3 is 0 Å². The first kappa shape index (κ1) is 24.5. The van der Waals surface area contributed by atoms with Crippen molar-refractivity contribution in [2.75, 3.05) is 11.9 Å². The molecule has 0 unspecified atom stereocenters. The number of anilines is 1. The van der Waals surface area contributed by atoms with Crippen molar-refractivity contribution < 1.29 is 23.2 Å². The van der Waals surface area contributed by atoms with Gasteiger partial charge < -0.3 is 9.88 Å². The molecule has 3 amide bonds. The Kier molecular flexibility index (Phi) is 6.62. The second-order valence-corrected chi connectivity index (χ2v) is 9.51. The first-order chi connectivity index (χ1) is 17.8. The summed E-state index contributed by atoms with van der Waals surface area (Å²) in [6, 6.07) is 19.3. The highest BCUT2D eigenvalue weighted by molar-refractivity contribution is 8.18. The van der Waals surface area contributed by atoms with Crippen molar-refractivity contribution >= 4 is 51.5 Å². The van der Waals surface area contributed by atoms with Gasteiger partial charge in [-0.2, -0.15) is 0 Å². The molecule has 9 heteroatoms. The van der Waals surface area contributed by atoms with E-state index in [1.807, 2.05) is 35.8 Å². The summed E-state index contributed by atoms with van der Waals surface area (Å²) in [7, 11) is 0. The zero-order valence-electron chi connectivity index (χ0n) is 19.7. The van der Waals surface area contributed by atoms with Crippen LogP contribution in [-0.4, -0.2) is 33.1 Å². The highest BCUT2D eigenvalue weighted by Gasteiger charge is 2.36. The highest BCUT2D eigenvalue weighted by Crippen LogP contribution is 2.36. The zero-order valence-corrected chi connectivity index (χ0v) is 20.5. The number of carbonyl (C=O) groups is 3. The number of thioether (sulfide) groups is 1. The second-order valence-electron chi connectivity index (χ2n) is 8.52. The number of fused-ring (bicyclic) bond motifs is 1. The maximum atomic E-state index is 14.4. The number of rotatable bonds is 6. The van der Waals surface area contributed by atoms with Crippen molar-refractivity contribution in [3.05, 3.63) is 106 Å². The van der Waals surface area contributed by atoms with Crippen LogP contribution in [0.2, 0.25) is 0 Å². The smallest absolute Gasteiger partial charge is 0.294 e. The first-order valence-corrected chi connectivity index (χ1v) is 12.3. The lowest BCUT2D eigenvalue weighted by molar-refractivity contribution is -0.127. The average Bonchev–Trinajstić information content (AvgIpc) is 3.30. The van der Waals surface area contributed by atoms with E-state index in [0.29, 0.717) is 17.8 Å². The number of benzene rings is 3. The van der Waals surface area contributed by atoms with Gasteiger partial charge in [-0.25, -0.2) is 8.78 Å². The van der Waals surface area contributed by atoms with E-state index in [-0.39, 0.29) is 10.7 Å². The summed E-state index contributed by atoms with van der Waals surface area (Å²) in [6.07, 6.45) is 1.65. The van der Waals surface area contributed by atoms with E-state index >= 15 is 0 Å². The molecule has 4 aromatic rings. The number of para-hydroxylation sites is 1. The number of imide groups is 1. The van der Waals surface area contributed by atoms with Crippen LogP contribution in [0.3, 0.4) is 0 Å². The van der Waals surface area contributed by atoms with Crippen LogP contribution in [0.5, 0.6) is 0 Å². The molecule has 0 radical (unpaired) electrons. The highest BCUT2D eigenvalue weighted by atomic mass is 32.2. The molecule has 0 atom stereocenters. The fourth-order valence-corrected chi connectivity index (χ4v) is 5.11. The molecule has 0 bridgehead atoms. The van der Waals surface area contributed by atoms with E-state index in [0.717, 1.165) is 38.8 Å². The summed E-state index contributed by atoms with van der Waals surface area (Å²) in [5.74, 6) is -1.90. The zero-order chi connectivity index (χ0) is 26.1. The van der Waals surface area contributed by atoms with Crippen LogP contribution in [0.25, 0.3) is 17.0 Å². The largest absolute Gasteiger partial charge is 0.340 e. The van der Waals surface area contributed by atoms with Crippen molar-refractivity contribution in [1.29, 1.82) is 0 Å². The molecule has 1 N–H and O–H groups in total. The third kappa shape index (κ3) is 4.90. The monoisotopic (exact) mass is 517 g/mol. The molecule has 1 aliphatic rings. The number of hydrogen-bond acceptors (Lipinski definition) is 4.